The Kier molecular flexibility index (Phi) is 4.40. The van der Waals surface area contributed by atoms with E-state index >= 15 is 0 Å². The van der Waals surface area contributed by atoms with E-state index in [9.17, 15) is 14.4 Å². The molecule has 1 N–H and O–H groups in total. The summed E-state index contributed by atoms with van der Waals surface area (Å²) in [7, 11) is 0. The van der Waals surface area contributed by atoms with Crippen LogP contribution >= 0.6 is 0 Å². The van der Waals surface area contributed by atoms with Crippen molar-refractivity contribution in [1.82, 2.24) is 0 Å². The number of amides is 1. The fourth-order valence-corrected chi connectivity index (χ4v) is 2.85. The zero-order valence-corrected chi connectivity index (χ0v) is 14.4. The number of esters is 1. The van der Waals surface area contributed by atoms with Gasteiger partial charge >= 0.3 is 5.97 Å². The summed E-state index contributed by atoms with van der Waals surface area (Å²) in [6.07, 6.45) is 0. The summed E-state index contributed by atoms with van der Waals surface area (Å²) < 4.78 is 5.18. The predicted octanol–water partition coefficient (Wildman–Crippen LogP) is 3.40. The van der Waals surface area contributed by atoms with Gasteiger partial charge in [-0.25, -0.2) is 4.79 Å². The van der Waals surface area contributed by atoms with Gasteiger partial charge in [-0.15, -0.1) is 0 Å². The zero-order chi connectivity index (χ0) is 18.1. The third kappa shape index (κ3) is 3.18. The van der Waals surface area contributed by atoms with Crippen LogP contribution in [0, 0.1) is 13.8 Å². The lowest BCUT2D eigenvalue weighted by molar-refractivity contribution is -0.116. The number of hydrogen-bond acceptors (Lipinski definition) is 4. The lowest BCUT2D eigenvalue weighted by Crippen LogP contribution is -2.15. The van der Waals surface area contributed by atoms with Gasteiger partial charge in [0.1, 0.15) is 0 Å². The van der Waals surface area contributed by atoms with E-state index in [-0.39, 0.29) is 24.2 Å². The third-order valence-corrected chi connectivity index (χ3v) is 4.65. The standard InChI is InChI=1S/C20H19NO4/c1-11-5-4-6-15(12(11)2)20(24)25-10-18(22)14-7-8-17-16(9-14)13(3)19(23)21-17/h4-9,13H,10H2,1-3H3,(H,21,23)/t13-/m1/s1. The highest BCUT2D eigenvalue weighted by atomic mass is 16.5. The molecule has 5 nitrogen and oxygen atoms in total. The molecule has 1 heterocycles. The molecule has 0 fully saturated rings. The largest absolute Gasteiger partial charge is 0.454 e. The Balaban J connectivity index is 1.70. The van der Waals surface area contributed by atoms with Crippen LogP contribution in [0.15, 0.2) is 36.4 Å². The minimum Gasteiger partial charge on any atom is -0.454 e. The summed E-state index contributed by atoms with van der Waals surface area (Å²) >= 11 is 0. The summed E-state index contributed by atoms with van der Waals surface area (Å²) in [5.41, 5.74) is 4.24. The highest BCUT2D eigenvalue weighted by Crippen LogP contribution is 2.32. The minimum absolute atomic E-state index is 0.0825. The maximum Gasteiger partial charge on any atom is 0.338 e. The second-order valence-electron chi connectivity index (χ2n) is 6.26. The molecule has 1 aliphatic rings. The maximum absolute atomic E-state index is 12.3. The molecule has 1 amide bonds. The Labute approximate surface area is 146 Å². The van der Waals surface area contributed by atoms with E-state index in [1.807, 2.05) is 19.9 Å². The average Bonchev–Trinajstić information content (AvgIpc) is 2.89. The SMILES string of the molecule is Cc1cccc(C(=O)OCC(=O)c2ccc3c(c2)[C@@H](C)C(=O)N3)c1C. The molecule has 128 valence electrons. The van der Waals surface area contributed by atoms with E-state index in [2.05, 4.69) is 5.32 Å². The number of anilines is 1. The smallest absolute Gasteiger partial charge is 0.338 e. The van der Waals surface area contributed by atoms with Gasteiger partial charge in [-0.2, -0.15) is 0 Å². The van der Waals surface area contributed by atoms with Crippen LogP contribution in [0.5, 0.6) is 0 Å². The van der Waals surface area contributed by atoms with Gasteiger partial charge in [0.05, 0.1) is 11.5 Å². The summed E-state index contributed by atoms with van der Waals surface area (Å²) in [4.78, 5) is 36.2. The second-order valence-corrected chi connectivity index (χ2v) is 6.26. The van der Waals surface area contributed by atoms with Crippen molar-refractivity contribution in [1.29, 1.82) is 0 Å². The number of benzene rings is 2. The number of carbonyl (C=O) groups is 3. The second kappa shape index (κ2) is 6.51. The minimum atomic E-state index is -0.513. The lowest BCUT2D eigenvalue weighted by atomic mass is 9.99. The van der Waals surface area contributed by atoms with E-state index in [1.54, 1.807) is 37.3 Å². The average molecular weight is 337 g/mol. The van der Waals surface area contributed by atoms with Crippen molar-refractivity contribution in [3.8, 4) is 0 Å². The van der Waals surface area contributed by atoms with Crippen LogP contribution in [0.25, 0.3) is 0 Å². The van der Waals surface area contributed by atoms with E-state index < -0.39 is 5.97 Å². The highest BCUT2D eigenvalue weighted by molar-refractivity contribution is 6.05. The van der Waals surface area contributed by atoms with Crippen molar-refractivity contribution >= 4 is 23.3 Å². The molecule has 0 unspecified atom stereocenters. The number of ketones is 1. The Hall–Kier alpha value is -2.95. The number of rotatable bonds is 4. The Bertz CT molecular complexity index is 885. The summed E-state index contributed by atoms with van der Waals surface area (Å²) in [6.45, 7) is 5.22. The molecule has 2 aromatic rings. The van der Waals surface area contributed by atoms with Gasteiger partial charge in [0.15, 0.2) is 12.4 Å². The molecule has 0 saturated carbocycles. The van der Waals surface area contributed by atoms with Crippen LogP contribution < -0.4 is 5.32 Å². The fourth-order valence-electron chi connectivity index (χ4n) is 2.85. The van der Waals surface area contributed by atoms with E-state index in [1.165, 1.54) is 0 Å². The van der Waals surface area contributed by atoms with Crippen LogP contribution in [0.1, 0.15) is 50.2 Å². The molecular formula is C20H19NO4. The monoisotopic (exact) mass is 337 g/mol. The normalized spacial score (nSPS) is 15.5. The number of nitrogens with one attached hydrogen (secondary N) is 1. The third-order valence-electron chi connectivity index (χ3n) is 4.65. The van der Waals surface area contributed by atoms with Crippen molar-refractivity contribution in [2.24, 2.45) is 0 Å². The Morgan fingerprint density at radius 3 is 2.68 bits per heavy atom. The first-order valence-corrected chi connectivity index (χ1v) is 8.10. The molecular weight excluding hydrogens is 318 g/mol. The van der Waals surface area contributed by atoms with E-state index in [0.29, 0.717) is 11.1 Å². The first kappa shape index (κ1) is 16.9. The molecule has 2 aromatic carbocycles. The van der Waals surface area contributed by atoms with Gasteiger partial charge in [0.25, 0.3) is 0 Å². The Morgan fingerprint density at radius 1 is 1.16 bits per heavy atom. The topological polar surface area (TPSA) is 72.5 Å². The van der Waals surface area contributed by atoms with Gasteiger partial charge in [-0.3, -0.25) is 9.59 Å². The number of aryl methyl sites for hydroxylation is 1. The van der Waals surface area contributed by atoms with Gasteiger partial charge in [-0.05, 0) is 61.7 Å². The van der Waals surface area contributed by atoms with Gasteiger partial charge < -0.3 is 10.1 Å². The molecule has 0 aromatic heterocycles. The quantitative estimate of drug-likeness (QED) is 0.685. The Morgan fingerprint density at radius 2 is 1.92 bits per heavy atom. The van der Waals surface area contributed by atoms with Crippen molar-refractivity contribution in [3.63, 3.8) is 0 Å². The van der Waals surface area contributed by atoms with E-state index in [4.69, 9.17) is 4.74 Å². The maximum atomic E-state index is 12.3. The van der Waals surface area contributed by atoms with Crippen molar-refractivity contribution in [2.45, 2.75) is 26.7 Å². The first-order valence-electron chi connectivity index (χ1n) is 8.10. The molecule has 0 spiro atoms. The molecule has 0 saturated heterocycles. The first-order chi connectivity index (χ1) is 11.9. The fraction of sp³-hybridized carbons (Fsp3) is 0.250. The van der Waals surface area contributed by atoms with E-state index in [0.717, 1.165) is 22.4 Å². The van der Waals surface area contributed by atoms with Crippen molar-refractivity contribution in [2.75, 3.05) is 11.9 Å². The summed E-state index contributed by atoms with van der Waals surface area (Å²) in [6, 6.07) is 10.4. The van der Waals surface area contributed by atoms with Gasteiger partial charge in [0.2, 0.25) is 5.91 Å². The highest BCUT2D eigenvalue weighted by Gasteiger charge is 2.27. The molecule has 25 heavy (non-hydrogen) atoms. The van der Waals surface area contributed by atoms with Crippen LogP contribution in [-0.2, 0) is 9.53 Å². The molecule has 0 radical (unpaired) electrons. The molecule has 1 aliphatic heterocycles. The van der Waals surface area contributed by atoms with Crippen LogP contribution in [-0.4, -0.2) is 24.3 Å². The molecule has 0 aliphatic carbocycles. The van der Waals surface area contributed by atoms with Crippen LogP contribution in [0.4, 0.5) is 5.69 Å². The molecule has 3 rings (SSSR count). The van der Waals surface area contributed by atoms with Gasteiger partial charge in [-0.1, -0.05) is 12.1 Å². The van der Waals surface area contributed by atoms with Crippen LogP contribution in [0.2, 0.25) is 0 Å². The summed E-state index contributed by atoms with van der Waals surface area (Å²) in [5, 5.41) is 2.76. The number of fused-ring (bicyclic) bond motifs is 1. The van der Waals surface area contributed by atoms with Crippen molar-refractivity contribution < 1.29 is 19.1 Å². The van der Waals surface area contributed by atoms with Crippen LogP contribution in [0.3, 0.4) is 0 Å². The molecule has 0 bridgehead atoms. The zero-order valence-electron chi connectivity index (χ0n) is 14.4. The number of hydrogen-bond donors (Lipinski definition) is 1. The van der Waals surface area contributed by atoms with Gasteiger partial charge in [0, 0.05) is 11.3 Å². The molecule has 1 atom stereocenters. The number of Topliss-reactive ketones (excluding diaryl/α,β-unsaturated/α-hetero) is 1. The lowest BCUT2D eigenvalue weighted by Gasteiger charge is -2.09. The number of carbonyl (C=O) groups excluding carboxylic acids is 3. The van der Waals surface area contributed by atoms with Crippen molar-refractivity contribution in [3.05, 3.63) is 64.2 Å². The molecule has 5 heteroatoms. The predicted molar refractivity (Wildman–Crippen MR) is 94.0 cm³/mol. The summed E-state index contributed by atoms with van der Waals surface area (Å²) in [5.74, 6) is -1.19. The number of ether oxygens (including phenoxy) is 1.